The molecule has 0 saturated carbocycles. The average molecular weight is 439 g/mol. The molecular formula is C26H35ClSi2. The predicted molar refractivity (Wildman–Crippen MR) is 137 cm³/mol. The molecule has 0 spiro atoms. The molecule has 3 heteroatoms. The van der Waals surface area contributed by atoms with Crippen molar-refractivity contribution >= 4 is 39.0 Å². The van der Waals surface area contributed by atoms with Gasteiger partial charge in [0.25, 0.3) is 0 Å². The second-order valence-corrected chi connectivity index (χ2v) is 18.6. The quantitative estimate of drug-likeness (QED) is 0.321. The largest absolute Gasteiger partial charge is 0.188 e. The third-order valence-corrected chi connectivity index (χ3v) is 16.2. The fourth-order valence-corrected chi connectivity index (χ4v) is 13.3. The monoisotopic (exact) mass is 438 g/mol. The number of hydrogen-bond acceptors (Lipinski definition) is 0. The van der Waals surface area contributed by atoms with Crippen LogP contribution in [-0.2, 0) is 0 Å². The summed E-state index contributed by atoms with van der Waals surface area (Å²) in [6, 6.07) is 18.8. The van der Waals surface area contributed by atoms with Gasteiger partial charge in [0.1, 0.15) is 8.07 Å². The van der Waals surface area contributed by atoms with Gasteiger partial charge in [0.2, 0.25) is 0 Å². The Hall–Kier alpha value is -1.54. The van der Waals surface area contributed by atoms with Crippen LogP contribution in [0.15, 0.2) is 60.3 Å². The van der Waals surface area contributed by atoms with Gasteiger partial charge < -0.3 is 0 Å². The smallest absolute Gasteiger partial charge is 0.136 e. The molecule has 0 fully saturated rings. The SMILES string of the molecule is CC(C)[Si](C#C[Si](C)(/C=C/c1ccccc1Cl)c1ccccc1)(C(C)C)C(C)C. The van der Waals surface area contributed by atoms with Gasteiger partial charge in [-0.15, -0.1) is 11.1 Å². The van der Waals surface area contributed by atoms with Crippen molar-refractivity contribution < 1.29 is 0 Å². The van der Waals surface area contributed by atoms with E-state index in [0.29, 0.717) is 16.6 Å². The summed E-state index contributed by atoms with van der Waals surface area (Å²) in [5.74, 6) is 0. The third-order valence-electron chi connectivity index (χ3n) is 6.28. The van der Waals surface area contributed by atoms with Crippen molar-refractivity contribution in [3.8, 4) is 11.1 Å². The minimum atomic E-state index is -2.14. The van der Waals surface area contributed by atoms with Gasteiger partial charge in [-0.05, 0) is 33.4 Å². The maximum Gasteiger partial charge on any atom is 0.188 e. The van der Waals surface area contributed by atoms with E-state index < -0.39 is 16.1 Å². The maximum absolute atomic E-state index is 6.41. The van der Waals surface area contributed by atoms with E-state index in [9.17, 15) is 0 Å². The highest BCUT2D eigenvalue weighted by Crippen LogP contribution is 2.40. The van der Waals surface area contributed by atoms with Crippen molar-refractivity contribution in [1.29, 1.82) is 0 Å². The molecule has 0 aliphatic rings. The fourth-order valence-electron chi connectivity index (χ4n) is 4.53. The molecule has 2 aromatic rings. The van der Waals surface area contributed by atoms with Gasteiger partial charge in [0.15, 0.2) is 8.07 Å². The van der Waals surface area contributed by atoms with Crippen LogP contribution < -0.4 is 5.19 Å². The Morgan fingerprint density at radius 2 is 1.28 bits per heavy atom. The van der Waals surface area contributed by atoms with Crippen molar-refractivity contribution in [3.63, 3.8) is 0 Å². The molecule has 29 heavy (non-hydrogen) atoms. The lowest BCUT2D eigenvalue weighted by Gasteiger charge is -2.38. The second kappa shape index (κ2) is 9.98. The van der Waals surface area contributed by atoms with Crippen LogP contribution in [0.4, 0.5) is 0 Å². The first-order valence-corrected chi connectivity index (χ1v) is 15.9. The lowest BCUT2D eigenvalue weighted by atomic mass is 10.2. The van der Waals surface area contributed by atoms with Crippen LogP contribution in [0, 0.1) is 11.1 Å². The molecule has 0 amide bonds. The van der Waals surface area contributed by atoms with E-state index >= 15 is 0 Å². The summed E-state index contributed by atoms with van der Waals surface area (Å²) in [5.41, 5.74) is 13.2. The molecule has 0 radical (unpaired) electrons. The molecule has 1 atom stereocenters. The van der Waals surface area contributed by atoms with E-state index in [1.54, 1.807) is 0 Å². The summed E-state index contributed by atoms with van der Waals surface area (Å²) < 4.78 is 0. The zero-order valence-electron chi connectivity index (χ0n) is 19.0. The van der Waals surface area contributed by atoms with Gasteiger partial charge in [-0.3, -0.25) is 0 Å². The molecule has 0 N–H and O–H groups in total. The van der Waals surface area contributed by atoms with E-state index in [4.69, 9.17) is 11.6 Å². The van der Waals surface area contributed by atoms with Crippen molar-refractivity contribution in [2.45, 2.75) is 64.7 Å². The highest BCUT2D eigenvalue weighted by molar-refractivity contribution is 7.03. The first-order valence-electron chi connectivity index (χ1n) is 10.7. The van der Waals surface area contributed by atoms with E-state index in [2.05, 4.69) is 107 Å². The lowest BCUT2D eigenvalue weighted by Crippen LogP contribution is -2.46. The zero-order chi connectivity index (χ0) is 21.7. The summed E-state index contributed by atoms with van der Waals surface area (Å²) in [6.07, 6.45) is 2.18. The first kappa shape index (κ1) is 23.7. The van der Waals surface area contributed by atoms with Crippen LogP contribution in [0.25, 0.3) is 6.08 Å². The molecule has 2 rings (SSSR count). The Balaban J connectivity index is 2.62. The molecule has 2 aromatic carbocycles. The lowest BCUT2D eigenvalue weighted by molar-refractivity contribution is 0.838. The van der Waals surface area contributed by atoms with Crippen molar-refractivity contribution in [3.05, 3.63) is 70.9 Å². The Kier molecular flexibility index (Phi) is 8.17. The van der Waals surface area contributed by atoms with Crippen molar-refractivity contribution in [1.82, 2.24) is 0 Å². The van der Waals surface area contributed by atoms with Crippen LogP contribution in [-0.4, -0.2) is 16.1 Å². The molecule has 0 heterocycles. The second-order valence-electron chi connectivity index (χ2n) is 9.07. The molecule has 1 unspecified atom stereocenters. The molecule has 154 valence electrons. The van der Waals surface area contributed by atoms with Gasteiger partial charge in [-0.25, -0.2) is 0 Å². The van der Waals surface area contributed by atoms with Crippen LogP contribution in [0.3, 0.4) is 0 Å². The topological polar surface area (TPSA) is 0 Å². The third kappa shape index (κ3) is 5.34. The molecule has 0 aromatic heterocycles. The highest BCUT2D eigenvalue weighted by atomic mass is 35.5. The van der Waals surface area contributed by atoms with Gasteiger partial charge in [-0.1, -0.05) is 120 Å². The Morgan fingerprint density at radius 1 is 0.759 bits per heavy atom. The van der Waals surface area contributed by atoms with E-state index in [-0.39, 0.29) is 0 Å². The summed E-state index contributed by atoms with van der Waals surface area (Å²) in [4.78, 5) is 0. The van der Waals surface area contributed by atoms with Gasteiger partial charge in [-0.2, -0.15) is 0 Å². The van der Waals surface area contributed by atoms with Crippen LogP contribution in [0.2, 0.25) is 28.2 Å². The highest BCUT2D eigenvalue weighted by Gasteiger charge is 2.42. The number of halogens is 1. The summed E-state index contributed by atoms with van der Waals surface area (Å²) in [5, 5.41) is 2.14. The first-order chi connectivity index (χ1) is 13.6. The number of hydrogen-bond donors (Lipinski definition) is 0. The normalized spacial score (nSPS) is 14.3. The predicted octanol–water partition coefficient (Wildman–Crippen LogP) is 7.64. The molecular weight excluding hydrogens is 404 g/mol. The summed E-state index contributed by atoms with van der Waals surface area (Å²) in [6.45, 7) is 16.6. The van der Waals surface area contributed by atoms with Crippen LogP contribution in [0.1, 0.15) is 47.1 Å². The molecule has 0 aliphatic carbocycles. The van der Waals surface area contributed by atoms with Gasteiger partial charge in [0.05, 0.1) is 0 Å². The van der Waals surface area contributed by atoms with E-state index in [1.165, 1.54) is 5.19 Å². The molecule has 0 bridgehead atoms. The molecule has 0 nitrogen and oxygen atoms in total. The zero-order valence-corrected chi connectivity index (χ0v) is 21.7. The Labute approximate surface area is 185 Å². The van der Waals surface area contributed by atoms with Crippen molar-refractivity contribution in [2.24, 2.45) is 0 Å². The van der Waals surface area contributed by atoms with Crippen LogP contribution in [0.5, 0.6) is 0 Å². The molecule has 0 saturated heterocycles. The van der Waals surface area contributed by atoms with E-state index in [0.717, 1.165) is 10.6 Å². The van der Waals surface area contributed by atoms with Gasteiger partial charge in [0, 0.05) is 5.02 Å². The van der Waals surface area contributed by atoms with Crippen LogP contribution >= 0.6 is 11.6 Å². The minimum absolute atomic E-state index is 0.636. The standard InChI is InChI=1S/C26H35ClSi2/c1-21(2)29(22(3)4,23(5)6)20-19-28(7,25-14-9-8-10-15-25)18-17-24-13-11-12-16-26(24)27/h8-18,21-23H,1-7H3/b18-17+. The fraction of sp³-hybridized carbons (Fsp3) is 0.385. The minimum Gasteiger partial charge on any atom is -0.136 e. The Morgan fingerprint density at radius 3 is 1.79 bits per heavy atom. The molecule has 0 aliphatic heterocycles. The number of rotatable bonds is 6. The van der Waals surface area contributed by atoms with Gasteiger partial charge >= 0.3 is 0 Å². The van der Waals surface area contributed by atoms with E-state index in [1.807, 2.05) is 18.2 Å². The van der Waals surface area contributed by atoms with Crippen molar-refractivity contribution in [2.75, 3.05) is 0 Å². The number of benzene rings is 2. The maximum atomic E-state index is 6.41. The average Bonchev–Trinajstić information content (AvgIpc) is 2.67. The Bertz CT molecular complexity index is 866. The summed E-state index contributed by atoms with van der Waals surface area (Å²) in [7, 11) is -3.92. The summed E-state index contributed by atoms with van der Waals surface area (Å²) >= 11 is 6.41.